The minimum Gasteiger partial charge on any atom is -0.462 e. The number of benzene rings is 2. The molecule has 0 bridgehead atoms. The van der Waals surface area contributed by atoms with Gasteiger partial charge in [0.25, 0.3) is 5.91 Å². The third kappa shape index (κ3) is 2.27. The topological polar surface area (TPSA) is 55.7 Å². The first-order valence-corrected chi connectivity index (χ1v) is 9.00. The van der Waals surface area contributed by atoms with Crippen molar-refractivity contribution in [3.63, 3.8) is 0 Å². The van der Waals surface area contributed by atoms with Gasteiger partial charge in [0, 0.05) is 27.2 Å². The minimum atomic E-state index is -0.604. The molecule has 0 atom stereocenters. The minimum absolute atomic E-state index is 0.0424. The summed E-state index contributed by atoms with van der Waals surface area (Å²) in [5.74, 6) is -0.307. The predicted molar refractivity (Wildman–Crippen MR) is 100.0 cm³/mol. The van der Waals surface area contributed by atoms with Gasteiger partial charge in [-0.2, -0.15) is 0 Å². The van der Waals surface area contributed by atoms with Crippen molar-refractivity contribution in [2.45, 2.75) is 11.8 Å². The second-order valence-electron chi connectivity index (χ2n) is 5.68. The van der Waals surface area contributed by atoms with Crippen molar-refractivity contribution >= 4 is 45.7 Å². The van der Waals surface area contributed by atoms with Gasteiger partial charge < -0.3 is 4.74 Å². The number of allylic oxidation sites excluding steroid dienone is 1. The average molecular weight is 349 g/mol. The van der Waals surface area contributed by atoms with Crippen molar-refractivity contribution < 1.29 is 14.3 Å². The maximum absolute atomic E-state index is 12.3. The lowest BCUT2D eigenvalue weighted by atomic mass is 10.0. The first kappa shape index (κ1) is 15.8. The van der Waals surface area contributed by atoms with Crippen molar-refractivity contribution in [2.75, 3.05) is 12.4 Å². The molecule has 0 aromatic heterocycles. The van der Waals surface area contributed by atoms with Gasteiger partial charge in [-0.25, -0.2) is 9.79 Å². The molecule has 4 rings (SSSR count). The predicted octanol–water partition coefficient (Wildman–Crippen LogP) is 3.78. The molecule has 0 fully saturated rings. The zero-order chi connectivity index (χ0) is 17.6. The van der Waals surface area contributed by atoms with Crippen molar-refractivity contribution in [3.05, 3.63) is 59.7 Å². The summed E-state index contributed by atoms with van der Waals surface area (Å²) < 4.78 is 5.07. The molecule has 0 spiro atoms. The van der Waals surface area contributed by atoms with E-state index in [1.54, 1.807) is 18.7 Å². The fourth-order valence-electron chi connectivity index (χ4n) is 3.35. The first-order valence-electron chi connectivity index (χ1n) is 8.02. The number of thioether (sulfide) groups is 1. The molecule has 0 saturated heterocycles. The molecule has 4 nitrogen and oxygen atoms in total. The van der Waals surface area contributed by atoms with Gasteiger partial charge in [-0.15, -0.1) is 18.3 Å². The number of ether oxygens (including phenoxy) is 1. The molecule has 2 aromatic carbocycles. The molecular weight excluding hydrogens is 334 g/mol. The summed E-state index contributed by atoms with van der Waals surface area (Å²) in [6, 6.07) is 9.95. The zero-order valence-electron chi connectivity index (χ0n) is 13.7. The van der Waals surface area contributed by atoms with Crippen LogP contribution in [0.25, 0.3) is 16.3 Å². The van der Waals surface area contributed by atoms with Crippen LogP contribution in [0, 0.1) is 0 Å². The number of rotatable bonds is 5. The van der Waals surface area contributed by atoms with Crippen LogP contribution in [0.15, 0.2) is 58.4 Å². The van der Waals surface area contributed by atoms with Crippen LogP contribution in [0.3, 0.4) is 0 Å². The lowest BCUT2D eigenvalue weighted by Crippen LogP contribution is -2.13. The Kier molecular flexibility index (Phi) is 3.81. The summed E-state index contributed by atoms with van der Waals surface area (Å²) in [6.45, 7) is 5.71. The highest BCUT2D eigenvalue weighted by atomic mass is 32.2. The van der Waals surface area contributed by atoms with Gasteiger partial charge >= 0.3 is 5.97 Å². The molecular formula is C20H15NO3S. The molecule has 2 aromatic rings. The summed E-state index contributed by atoms with van der Waals surface area (Å²) >= 11 is 1.71. The van der Waals surface area contributed by atoms with Gasteiger partial charge in [0.2, 0.25) is 0 Å². The second kappa shape index (κ2) is 6.01. The Balaban J connectivity index is 1.97. The molecule has 1 heterocycles. The van der Waals surface area contributed by atoms with Crippen LogP contribution in [0.4, 0.5) is 0 Å². The molecule has 1 aliphatic heterocycles. The van der Waals surface area contributed by atoms with Crippen LogP contribution in [0.2, 0.25) is 0 Å². The van der Waals surface area contributed by atoms with E-state index >= 15 is 0 Å². The number of nitrogens with zero attached hydrogens (tertiary/aromatic N) is 1. The van der Waals surface area contributed by atoms with Crippen molar-refractivity contribution in [1.82, 2.24) is 0 Å². The SMILES string of the molecule is C=CCSc1ccc2c3c(cccc13)C1=NC(=O)C(C(=O)OCC)=C12. The Morgan fingerprint density at radius 3 is 2.88 bits per heavy atom. The van der Waals surface area contributed by atoms with E-state index in [1.807, 2.05) is 30.3 Å². The van der Waals surface area contributed by atoms with Crippen LogP contribution >= 0.6 is 11.8 Å². The van der Waals surface area contributed by atoms with E-state index in [-0.39, 0.29) is 12.2 Å². The lowest BCUT2D eigenvalue weighted by Gasteiger charge is -2.08. The van der Waals surface area contributed by atoms with Crippen LogP contribution in [0.1, 0.15) is 18.1 Å². The van der Waals surface area contributed by atoms with Gasteiger partial charge in [0.1, 0.15) is 5.57 Å². The molecule has 0 radical (unpaired) electrons. The summed E-state index contributed by atoms with van der Waals surface area (Å²) in [6.07, 6.45) is 1.87. The van der Waals surface area contributed by atoms with Crippen LogP contribution < -0.4 is 0 Å². The average Bonchev–Trinajstić information content (AvgIpc) is 3.10. The van der Waals surface area contributed by atoms with Crippen molar-refractivity contribution in [2.24, 2.45) is 4.99 Å². The lowest BCUT2D eigenvalue weighted by molar-refractivity contribution is -0.139. The Morgan fingerprint density at radius 1 is 1.28 bits per heavy atom. The van der Waals surface area contributed by atoms with Gasteiger partial charge in [-0.05, 0) is 23.9 Å². The largest absolute Gasteiger partial charge is 0.462 e. The second-order valence-corrected chi connectivity index (χ2v) is 6.74. The molecule has 0 N–H and O–H groups in total. The fourth-order valence-corrected chi connectivity index (χ4v) is 4.14. The number of esters is 1. The maximum Gasteiger partial charge on any atom is 0.344 e. The number of hydrogen-bond donors (Lipinski definition) is 0. The molecule has 124 valence electrons. The van der Waals surface area contributed by atoms with Gasteiger partial charge in [-0.3, -0.25) is 4.79 Å². The molecule has 1 amide bonds. The van der Waals surface area contributed by atoms with E-state index in [9.17, 15) is 9.59 Å². The van der Waals surface area contributed by atoms with E-state index in [0.717, 1.165) is 32.5 Å². The summed E-state index contributed by atoms with van der Waals surface area (Å²) in [7, 11) is 0. The normalized spacial score (nSPS) is 14.8. The molecule has 2 aliphatic rings. The van der Waals surface area contributed by atoms with Gasteiger partial charge in [0.05, 0.1) is 12.3 Å². The summed E-state index contributed by atoms with van der Waals surface area (Å²) in [5, 5.41) is 2.14. The van der Waals surface area contributed by atoms with E-state index in [2.05, 4.69) is 17.6 Å². The number of carbonyl (C=O) groups excluding carboxylic acids is 2. The standard InChI is InChI=1S/C20H15NO3S/c1-3-10-25-14-9-8-12-15-11(14)6-5-7-13(15)18-16(12)17(19(22)21-18)20(23)24-4-2/h3,5-9H,1,4,10H2,2H3. The number of fused-ring (bicyclic) bond motifs is 3. The van der Waals surface area contributed by atoms with Crippen molar-refractivity contribution in [3.8, 4) is 0 Å². The Bertz CT molecular complexity index is 1020. The molecule has 1 aliphatic carbocycles. The number of amides is 1. The summed E-state index contributed by atoms with van der Waals surface area (Å²) in [5.41, 5.74) is 3.01. The van der Waals surface area contributed by atoms with E-state index in [4.69, 9.17) is 4.74 Å². The van der Waals surface area contributed by atoms with Crippen molar-refractivity contribution in [1.29, 1.82) is 0 Å². The zero-order valence-corrected chi connectivity index (χ0v) is 14.5. The third-order valence-corrected chi connectivity index (χ3v) is 5.34. The third-order valence-electron chi connectivity index (χ3n) is 4.28. The highest BCUT2D eigenvalue weighted by molar-refractivity contribution is 7.99. The van der Waals surface area contributed by atoms with Crippen LogP contribution in [-0.4, -0.2) is 29.9 Å². The molecule has 5 heteroatoms. The first-order chi connectivity index (χ1) is 12.2. The Hall–Kier alpha value is -2.66. The molecule has 25 heavy (non-hydrogen) atoms. The number of hydrogen-bond acceptors (Lipinski definition) is 4. The summed E-state index contributed by atoms with van der Waals surface area (Å²) in [4.78, 5) is 29.9. The molecule has 0 unspecified atom stereocenters. The maximum atomic E-state index is 12.3. The Labute approximate surface area is 149 Å². The smallest absolute Gasteiger partial charge is 0.344 e. The Morgan fingerprint density at radius 2 is 2.12 bits per heavy atom. The monoisotopic (exact) mass is 349 g/mol. The van der Waals surface area contributed by atoms with E-state index < -0.39 is 11.9 Å². The fraction of sp³-hybridized carbons (Fsp3) is 0.150. The highest BCUT2D eigenvalue weighted by Crippen LogP contribution is 2.45. The highest BCUT2D eigenvalue weighted by Gasteiger charge is 2.39. The quantitative estimate of drug-likeness (QED) is 0.357. The number of aliphatic imine (C=N–C) groups is 1. The van der Waals surface area contributed by atoms with Gasteiger partial charge in [0.15, 0.2) is 0 Å². The van der Waals surface area contributed by atoms with Crippen LogP contribution in [0.5, 0.6) is 0 Å². The van der Waals surface area contributed by atoms with E-state index in [0.29, 0.717) is 11.3 Å². The van der Waals surface area contributed by atoms with Gasteiger partial charge in [-0.1, -0.05) is 30.3 Å². The number of carbonyl (C=O) groups is 2. The van der Waals surface area contributed by atoms with Crippen LogP contribution in [-0.2, 0) is 14.3 Å². The van der Waals surface area contributed by atoms with E-state index in [1.165, 1.54) is 0 Å². The molecule has 0 saturated carbocycles.